The summed E-state index contributed by atoms with van der Waals surface area (Å²) in [5.74, 6) is -3.94. The van der Waals surface area contributed by atoms with Gasteiger partial charge in [-0.2, -0.15) is 0 Å². The molecule has 3 fully saturated rings. The monoisotopic (exact) mass is 431 g/mol. The van der Waals surface area contributed by atoms with Gasteiger partial charge in [0.15, 0.2) is 0 Å². The molecule has 1 N–H and O–H groups in total. The molecule has 0 aliphatic carbocycles. The van der Waals surface area contributed by atoms with Crippen molar-refractivity contribution < 1.29 is 18.4 Å². The van der Waals surface area contributed by atoms with Gasteiger partial charge < -0.3 is 15.1 Å². The third kappa shape index (κ3) is 3.43. The van der Waals surface area contributed by atoms with Crippen molar-refractivity contribution in [2.75, 3.05) is 26.2 Å². The Morgan fingerprint density at radius 1 is 1.18 bits per heavy atom. The Hall–Kier alpha value is -1.60. The SMILES string of the molecule is O=C1CCC2(CN(C(=O)N3CCC(C(F)(F)c4ccc(Cl)cc4Cl)CC3)C2)N1. The Bertz CT molecular complexity index is 806. The molecule has 1 aromatic rings. The summed E-state index contributed by atoms with van der Waals surface area (Å²) in [4.78, 5) is 27.3. The minimum Gasteiger partial charge on any atom is -0.347 e. The zero-order chi connectivity index (χ0) is 20.1. The molecular weight excluding hydrogens is 411 g/mol. The van der Waals surface area contributed by atoms with E-state index in [0.717, 1.165) is 6.42 Å². The van der Waals surface area contributed by atoms with E-state index >= 15 is 0 Å². The lowest BCUT2D eigenvalue weighted by atomic mass is 9.86. The van der Waals surface area contributed by atoms with Crippen molar-refractivity contribution in [3.63, 3.8) is 0 Å². The second kappa shape index (κ2) is 7.02. The first-order chi connectivity index (χ1) is 13.2. The third-order valence-electron chi connectivity index (χ3n) is 6.06. The Balaban J connectivity index is 1.34. The van der Waals surface area contributed by atoms with Crippen molar-refractivity contribution in [2.45, 2.75) is 37.1 Å². The van der Waals surface area contributed by atoms with Gasteiger partial charge in [0, 0.05) is 49.1 Å². The van der Waals surface area contributed by atoms with Crippen LogP contribution in [0.5, 0.6) is 0 Å². The molecule has 0 unspecified atom stereocenters. The summed E-state index contributed by atoms with van der Waals surface area (Å²) in [5, 5.41) is 3.21. The van der Waals surface area contributed by atoms with Gasteiger partial charge in [-0.3, -0.25) is 4.79 Å². The van der Waals surface area contributed by atoms with Crippen molar-refractivity contribution in [3.8, 4) is 0 Å². The number of alkyl halides is 2. The first-order valence-corrected chi connectivity index (χ1v) is 10.1. The maximum Gasteiger partial charge on any atom is 0.320 e. The molecule has 1 spiro atoms. The first-order valence-electron chi connectivity index (χ1n) is 9.38. The summed E-state index contributed by atoms with van der Waals surface area (Å²) in [6.45, 7) is 1.54. The summed E-state index contributed by atoms with van der Waals surface area (Å²) < 4.78 is 29.9. The number of halogens is 4. The Morgan fingerprint density at radius 3 is 2.43 bits per heavy atom. The van der Waals surface area contributed by atoms with Gasteiger partial charge in [0.25, 0.3) is 5.92 Å². The number of carbonyl (C=O) groups is 2. The fraction of sp³-hybridized carbons (Fsp3) is 0.579. The number of carbonyl (C=O) groups excluding carboxylic acids is 2. The predicted molar refractivity (Wildman–Crippen MR) is 102 cm³/mol. The molecule has 0 saturated carbocycles. The molecule has 28 heavy (non-hydrogen) atoms. The number of amides is 3. The standard InChI is InChI=1S/C19H21Cl2F2N3O2/c20-13-1-2-14(15(21)9-13)19(22,23)12-4-7-25(8-5-12)17(28)26-10-18(11-26)6-3-16(27)24-18/h1-2,9,12H,3-8,10-11H2,(H,24,27). The molecule has 9 heteroatoms. The van der Waals surface area contributed by atoms with Crippen LogP contribution in [0.25, 0.3) is 0 Å². The predicted octanol–water partition coefficient (Wildman–Crippen LogP) is 3.88. The normalized spacial score (nSPS) is 22.4. The molecule has 3 saturated heterocycles. The van der Waals surface area contributed by atoms with E-state index in [-0.39, 0.29) is 54.0 Å². The Morgan fingerprint density at radius 2 is 1.86 bits per heavy atom. The summed E-state index contributed by atoms with van der Waals surface area (Å²) in [6, 6.07) is 3.87. The number of hydrogen-bond acceptors (Lipinski definition) is 2. The van der Waals surface area contributed by atoms with Crippen LogP contribution in [0, 0.1) is 5.92 Å². The van der Waals surface area contributed by atoms with E-state index in [0.29, 0.717) is 24.5 Å². The van der Waals surface area contributed by atoms with Gasteiger partial charge in [-0.1, -0.05) is 29.3 Å². The number of benzene rings is 1. The quantitative estimate of drug-likeness (QED) is 0.772. The van der Waals surface area contributed by atoms with E-state index in [9.17, 15) is 18.4 Å². The van der Waals surface area contributed by atoms with Crippen molar-refractivity contribution in [1.29, 1.82) is 0 Å². The molecule has 0 radical (unpaired) electrons. The summed E-state index contributed by atoms with van der Waals surface area (Å²) in [5.41, 5.74) is -0.492. The lowest BCUT2D eigenvalue weighted by molar-refractivity contribution is -0.120. The van der Waals surface area contributed by atoms with E-state index in [1.807, 2.05) is 0 Å². The van der Waals surface area contributed by atoms with Gasteiger partial charge in [-0.15, -0.1) is 0 Å². The number of piperidine rings is 1. The Labute approximate surface area is 171 Å². The number of likely N-dealkylation sites (tertiary alicyclic amines) is 2. The average Bonchev–Trinajstić information content (AvgIpc) is 3.02. The third-order valence-corrected chi connectivity index (χ3v) is 6.61. The van der Waals surface area contributed by atoms with Crippen LogP contribution in [0.1, 0.15) is 31.2 Å². The smallest absolute Gasteiger partial charge is 0.320 e. The topological polar surface area (TPSA) is 52.7 Å². The van der Waals surface area contributed by atoms with E-state index in [1.54, 1.807) is 9.80 Å². The second-order valence-electron chi connectivity index (χ2n) is 7.98. The lowest BCUT2D eigenvalue weighted by Gasteiger charge is -2.49. The number of rotatable bonds is 2. The fourth-order valence-corrected chi connectivity index (χ4v) is 4.98. The van der Waals surface area contributed by atoms with Crippen LogP contribution in [0.15, 0.2) is 18.2 Å². The highest BCUT2D eigenvalue weighted by Gasteiger charge is 2.51. The molecule has 0 atom stereocenters. The van der Waals surface area contributed by atoms with Crippen molar-refractivity contribution in [1.82, 2.24) is 15.1 Å². The van der Waals surface area contributed by atoms with Crippen LogP contribution >= 0.6 is 23.2 Å². The molecule has 5 nitrogen and oxygen atoms in total. The highest BCUT2D eigenvalue weighted by atomic mass is 35.5. The van der Waals surface area contributed by atoms with Gasteiger partial charge >= 0.3 is 6.03 Å². The molecular formula is C19H21Cl2F2N3O2. The van der Waals surface area contributed by atoms with Crippen molar-refractivity contribution in [3.05, 3.63) is 33.8 Å². The molecule has 0 aromatic heterocycles. The number of hydrogen-bond donors (Lipinski definition) is 1. The van der Waals surface area contributed by atoms with Crippen LogP contribution < -0.4 is 5.32 Å². The zero-order valence-corrected chi connectivity index (χ0v) is 16.7. The molecule has 0 bridgehead atoms. The molecule has 3 aliphatic heterocycles. The summed E-state index contributed by atoms with van der Waals surface area (Å²) in [6.07, 6.45) is 1.64. The maximum absolute atomic E-state index is 15.0. The van der Waals surface area contributed by atoms with E-state index in [1.165, 1.54) is 18.2 Å². The van der Waals surface area contributed by atoms with E-state index in [2.05, 4.69) is 5.32 Å². The van der Waals surface area contributed by atoms with Crippen LogP contribution in [0.4, 0.5) is 13.6 Å². The van der Waals surface area contributed by atoms with Crippen LogP contribution in [0.2, 0.25) is 10.0 Å². The van der Waals surface area contributed by atoms with E-state index < -0.39 is 11.8 Å². The van der Waals surface area contributed by atoms with Gasteiger partial charge in [0.05, 0.1) is 10.6 Å². The van der Waals surface area contributed by atoms with E-state index in [4.69, 9.17) is 23.2 Å². The molecule has 152 valence electrons. The molecule has 4 rings (SSSR count). The number of nitrogens with zero attached hydrogens (tertiary/aromatic N) is 2. The highest BCUT2D eigenvalue weighted by molar-refractivity contribution is 6.35. The molecule has 3 heterocycles. The summed E-state index contributed by atoms with van der Waals surface area (Å²) >= 11 is 11.8. The number of urea groups is 1. The highest BCUT2D eigenvalue weighted by Crippen LogP contribution is 2.45. The van der Waals surface area contributed by atoms with Gasteiger partial charge in [-0.25, -0.2) is 13.6 Å². The minimum absolute atomic E-state index is 0.0241. The largest absolute Gasteiger partial charge is 0.347 e. The zero-order valence-electron chi connectivity index (χ0n) is 15.2. The minimum atomic E-state index is -3.08. The first kappa shape index (κ1) is 19.7. The lowest BCUT2D eigenvalue weighted by Crippen LogP contribution is -2.70. The van der Waals surface area contributed by atoms with Crippen molar-refractivity contribution >= 4 is 35.1 Å². The van der Waals surface area contributed by atoms with Crippen LogP contribution in [-0.2, 0) is 10.7 Å². The number of nitrogens with one attached hydrogen (secondary N) is 1. The van der Waals surface area contributed by atoms with Crippen LogP contribution in [0.3, 0.4) is 0 Å². The van der Waals surface area contributed by atoms with Crippen LogP contribution in [-0.4, -0.2) is 53.5 Å². The molecule has 3 amide bonds. The van der Waals surface area contributed by atoms with Gasteiger partial charge in [0.2, 0.25) is 5.91 Å². The summed E-state index contributed by atoms with van der Waals surface area (Å²) in [7, 11) is 0. The van der Waals surface area contributed by atoms with Crippen molar-refractivity contribution in [2.24, 2.45) is 5.92 Å². The second-order valence-corrected chi connectivity index (χ2v) is 8.82. The average molecular weight is 432 g/mol. The fourth-order valence-electron chi connectivity index (χ4n) is 4.44. The van der Waals surface area contributed by atoms with Gasteiger partial charge in [0.1, 0.15) is 0 Å². The Kier molecular flexibility index (Phi) is 4.94. The molecule has 1 aromatic carbocycles. The van der Waals surface area contributed by atoms with Gasteiger partial charge in [-0.05, 0) is 31.4 Å². The molecule has 3 aliphatic rings. The maximum atomic E-state index is 15.0.